The quantitative estimate of drug-likeness (QED) is 0.296. The topological polar surface area (TPSA) is 69.7 Å². The summed E-state index contributed by atoms with van der Waals surface area (Å²) in [4.78, 5) is 40.3. The van der Waals surface area contributed by atoms with Gasteiger partial charge in [-0.2, -0.15) is 0 Å². The van der Waals surface area contributed by atoms with Crippen molar-refractivity contribution in [3.63, 3.8) is 0 Å². The number of methoxy groups -OCH3 is 1. The molecule has 0 amide bonds. The van der Waals surface area contributed by atoms with Gasteiger partial charge in [0, 0.05) is 0 Å². The molecule has 0 radical (unpaired) electrons. The normalized spacial score (nSPS) is 45.5. The molecule has 2 saturated carbocycles. The van der Waals surface area contributed by atoms with Crippen LogP contribution in [0.15, 0.2) is 0 Å². The summed E-state index contributed by atoms with van der Waals surface area (Å²) in [7, 11) is 1.50. The average Bonchev–Trinajstić information content (AvgIpc) is 3.29. The summed E-state index contributed by atoms with van der Waals surface area (Å²) < 4.78 is 13.6. The van der Waals surface area contributed by atoms with Gasteiger partial charge in [0.25, 0.3) is 0 Å². The molecule has 6 rings (SSSR count). The van der Waals surface area contributed by atoms with E-state index in [1.807, 2.05) is 0 Å². The number of fused-ring (bicyclic) bond motifs is 4. The Morgan fingerprint density at radius 3 is 2.18 bits per heavy atom. The van der Waals surface area contributed by atoms with Gasteiger partial charge in [0.15, 0.2) is 0 Å². The zero-order valence-electron chi connectivity index (χ0n) is 25.3. The van der Waals surface area contributed by atoms with Gasteiger partial charge >= 0.3 is 240 Å². The molecule has 0 saturated heterocycles. The zero-order valence-corrected chi connectivity index (χ0v) is 27.1. The molecule has 5 nitrogen and oxygen atoms in total. The van der Waals surface area contributed by atoms with Gasteiger partial charge in [-0.25, -0.2) is 0 Å². The molecule has 8 atom stereocenters. The molecule has 0 spiro atoms. The number of carbonyl (C=O) groups is 3. The van der Waals surface area contributed by atoms with Crippen molar-refractivity contribution in [1.29, 1.82) is 0 Å². The maximum absolute atomic E-state index is 15.0. The van der Waals surface area contributed by atoms with Crippen molar-refractivity contribution in [1.82, 2.24) is 0 Å². The Morgan fingerprint density at radius 1 is 0.872 bits per heavy atom. The molecule has 0 bridgehead atoms. The molecule has 5 aliphatic carbocycles. The number of ether oxygens (including phenoxy) is 2. The number of rotatable bonds is 2. The molecule has 0 aromatic carbocycles. The van der Waals surface area contributed by atoms with Crippen LogP contribution in [-0.4, -0.2) is 45.4 Å². The molecular weight excluding hydrogens is 555 g/mol. The predicted octanol–water partition coefficient (Wildman–Crippen LogP) is 6.26. The summed E-state index contributed by atoms with van der Waals surface area (Å²) in [6, 6.07) is 0. The molecule has 0 aliphatic heterocycles. The van der Waals surface area contributed by atoms with Crippen LogP contribution >= 0.6 is 0 Å². The molecule has 2 fully saturated rings. The molecule has 214 valence electrons. The first-order chi connectivity index (χ1) is 18.0. The first kappa shape index (κ1) is 27.8. The first-order valence-electron chi connectivity index (χ1n) is 15.0. The summed E-state index contributed by atoms with van der Waals surface area (Å²) >= 11 is -0.160. The summed E-state index contributed by atoms with van der Waals surface area (Å²) in [6.07, 6.45) is 7.65. The number of ketones is 1. The Bertz CT molecular complexity index is 1290. The number of hydrogen-bond donors (Lipinski definition) is 0. The summed E-state index contributed by atoms with van der Waals surface area (Å²) in [6.45, 7) is 17.8. The second-order valence-corrected chi connectivity index (χ2v) is 17.6. The molecule has 1 aromatic rings. The number of Topliss-reactive ketones (excluding diaryl/α,β-unsaturated/α-hetero) is 1. The van der Waals surface area contributed by atoms with Crippen LogP contribution in [0.5, 0.6) is 0 Å². The summed E-state index contributed by atoms with van der Waals surface area (Å²) in [5.74, 6) is 0.264. The fourth-order valence-electron chi connectivity index (χ4n) is 10.9. The van der Waals surface area contributed by atoms with Crippen LogP contribution in [0.3, 0.4) is 0 Å². The SMILES string of the molecule is COC(=O)[C@@]1(C)CC[C@]2(C)CC[C@]3(C)c4c([se]c1c42)C(=O)C1[C@@]2(C)CC[C@H](OC(C)=O)C(C)(C)C2CC[C@]13C. The van der Waals surface area contributed by atoms with Crippen LogP contribution in [-0.2, 0) is 35.3 Å². The Hall–Kier alpha value is -1.39. The molecule has 1 heterocycles. The van der Waals surface area contributed by atoms with Crippen LogP contribution in [0, 0.1) is 28.1 Å². The van der Waals surface area contributed by atoms with Crippen LogP contribution < -0.4 is 0 Å². The second-order valence-electron chi connectivity index (χ2n) is 15.5. The predicted molar refractivity (Wildman–Crippen MR) is 151 cm³/mol. The van der Waals surface area contributed by atoms with Gasteiger partial charge < -0.3 is 0 Å². The average molecular weight is 602 g/mol. The molecule has 39 heavy (non-hydrogen) atoms. The third-order valence-electron chi connectivity index (χ3n) is 13.3. The van der Waals surface area contributed by atoms with Crippen molar-refractivity contribution in [3.8, 4) is 0 Å². The minimum atomic E-state index is -0.637. The van der Waals surface area contributed by atoms with Gasteiger partial charge in [-0.15, -0.1) is 0 Å². The third-order valence-corrected chi connectivity index (χ3v) is 16.4. The molecule has 2 unspecified atom stereocenters. The fourth-order valence-corrected chi connectivity index (χ4v) is 14.5. The second kappa shape index (κ2) is 8.12. The van der Waals surface area contributed by atoms with Crippen LogP contribution in [0.1, 0.15) is 132 Å². The molecular formula is C33H46O5Se. The van der Waals surface area contributed by atoms with E-state index in [0.717, 1.165) is 55.8 Å². The van der Waals surface area contributed by atoms with Crippen LogP contribution in [0.25, 0.3) is 0 Å². The number of carbonyl (C=O) groups excluding carboxylic acids is 3. The van der Waals surface area contributed by atoms with E-state index in [0.29, 0.717) is 11.7 Å². The first-order valence-corrected chi connectivity index (χ1v) is 16.7. The Labute approximate surface area is 239 Å². The number of hydrogen-bond acceptors (Lipinski definition) is 5. The Morgan fingerprint density at radius 2 is 1.54 bits per heavy atom. The molecule has 6 heteroatoms. The van der Waals surface area contributed by atoms with Crippen LogP contribution in [0.4, 0.5) is 0 Å². The van der Waals surface area contributed by atoms with E-state index in [4.69, 9.17) is 9.47 Å². The minimum absolute atomic E-state index is 0.0376. The van der Waals surface area contributed by atoms with Gasteiger partial charge in [-0.05, 0) is 0 Å². The van der Waals surface area contributed by atoms with E-state index < -0.39 is 5.41 Å². The molecule has 5 aliphatic rings. The van der Waals surface area contributed by atoms with Crippen molar-refractivity contribution in [3.05, 3.63) is 20.0 Å². The van der Waals surface area contributed by atoms with E-state index in [1.54, 1.807) is 0 Å². The Balaban J connectivity index is 1.55. The van der Waals surface area contributed by atoms with Crippen molar-refractivity contribution >= 4 is 32.2 Å². The third kappa shape index (κ3) is 3.17. The maximum atomic E-state index is 15.0. The van der Waals surface area contributed by atoms with E-state index in [1.165, 1.54) is 29.6 Å². The summed E-state index contributed by atoms with van der Waals surface area (Å²) in [5, 5.41) is 0. The summed E-state index contributed by atoms with van der Waals surface area (Å²) in [5.41, 5.74) is 1.55. The molecule has 0 N–H and O–H groups in total. The van der Waals surface area contributed by atoms with Gasteiger partial charge in [-0.3, -0.25) is 0 Å². The van der Waals surface area contributed by atoms with Crippen molar-refractivity contribution in [2.45, 2.75) is 129 Å². The zero-order chi connectivity index (χ0) is 28.6. The molecule has 1 aromatic heterocycles. The monoisotopic (exact) mass is 602 g/mol. The van der Waals surface area contributed by atoms with Crippen molar-refractivity contribution in [2.24, 2.45) is 28.1 Å². The van der Waals surface area contributed by atoms with E-state index in [-0.39, 0.29) is 65.5 Å². The van der Waals surface area contributed by atoms with E-state index in [2.05, 4.69) is 48.5 Å². The van der Waals surface area contributed by atoms with Gasteiger partial charge in [0.05, 0.1) is 0 Å². The number of esters is 2. The van der Waals surface area contributed by atoms with Gasteiger partial charge in [0.1, 0.15) is 0 Å². The van der Waals surface area contributed by atoms with Crippen molar-refractivity contribution in [2.75, 3.05) is 7.11 Å². The van der Waals surface area contributed by atoms with Gasteiger partial charge in [-0.1, -0.05) is 0 Å². The van der Waals surface area contributed by atoms with Gasteiger partial charge in [0.2, 0.25) is 0 Å². The fraction of sp³-hybridized carbons (Fsp3) is 0.788. The van der Waals surface area contributed by atoms with E-state index >= 15 is 4.79 Å². The van der Waals surface area contributed by atoms with Crippen molar-refractivity contribution < 1.29 is 23.9 Å². The van der Waals surface area contributed by atoms with Crippen LogP contribution in [0.2, 0.25) is 0 Å². The van der Waals surface area contributed by atoms with E-state index in [9.17, 15) is 9.59 Å². The standard InChI is InChI=1S/C33H46O5Se/c1-18(34)38-20-11-12-30(5)19(28(20,2)3)10-13-33(8)25(30)23(35)24-21-22-26(39-24)31(6,27(36)37-9)16-14-29(22,4)15-17-32(21,33)7/h19-20,25H,10-17H2,1-9H3/t19?,20-,25?,29+,30-,31-,32+,33+/m0/s1. The Kier molecular flexibility index (Phi) is 5.78.